The Bertz CT molecular complexity index is 337. The van der Waals surface area contributed by atoms with Crippen molar-refractivity contribution in [3.63, 3.8) is 0 Å². The predicted molar refractivity (Wildman–Crippen MR) is 65.7 cm³/mol. The van der Waals surface area contributed by atoms with Crippen molar-refractivity contribution >= 4 is 17.6 Å². The van der Waals surface area contributed by atoms with Crippen molar-refractivity contribution in [1.82, 2.24) is 9.91 Å². The minimum Gasteiger partial charge on any atom is -0.303 e. The topological polar surface area (TPSA) is 18.8 Å². The Balaban J connectivity index is 1.92. The van der Waals surface area contributed by atoms with Crippen molar-refractivity contribution in [2.45, 2.75) is 6.92 Å². The molecule has 1 aromatic heterocycles. The number of piperazine rings is 1. The average Bonchev–Trinajstić information content (AvgIpc) is 2.63. The van der Waals surface area contributed by atoms with Crippen LogP contribution >= 0.6 is 11.3 Å². The third-order valence-electron chi connectivity index (χ3n) is 2.72. The predicted octanol–water partition coefficient (Wildman–Crippen LogP) is 1.64. The summed E-state index contributed by atoms with van der Waals surface area (Å²) in [5, 5.41) is 8.78. The van der Waals surface area contributed by atoms with E-state index in [1.165, 1.54) is 10.4 Å². The fraction of sp³-hybridized carbons (Fsp3) is 0.545. The molecule has 0 aliphatic carbocycles. The highest BCUT2D eigenvalue weighted by Crippen LogP contribution is 2.13. The third-order valence-corrected chi connectivity index (χ3v) is 3.67. The highest BCUT2D eigenvalue weighted by atomic mass is 32.1. The highest BCUT2D eigenvalue weighted by Gasteiger charge is 2.10. The van der Waals surface area contributed by atoms with E-state index in [0.29, 0.717) is 0 Å². The first-order valence-corrected chi connectivity index (χ1v) is 6.15. The standard InChI is InChI=1S/C11H17N3S/c1-10-3-8-15-11(10)9-12-14-6-4-13(2)5-7-14/h3,8-9H,4-7H2,1-2H3/b12-9-. The van der Waals surface area contributed by atoms with Gasteiger partial charge in [0.15, 0.2) is 0 Å². The molecule has 82 valence electrons. The summed E-state index contributed by atoms with van der Waals surface area (Å²) < 4.78 is 0. The molecule has 0 radical (unpaired) electrons. The lowest BCUT2D eigenvalue weighted by molar-refractivity contribution is 0.159. The van der Waals surface area contributed by atoms with Crippen LogP contribution in [0, 0.1) is 6.92 Å². The molecule has 0 saturated carbocycles. The Morgan fingerprint density at radius 1 is 1.33 bits per heavy atom. The summed E-state index contributed by atoms with van der Waals surface area (Å²) in [4.78, 5) is 3.61. The maximum absolute atomic E-state index is 4.51. The van der Waals surface area contributed by atoms with Crippen molar-refractivity contribution in [2.24, 2.45) is 5.10 Å². The van der Waals surface area contributed by atoms with E-state index >= 15 is 0 Å². The zero-order chi connectivity index (χ0) is 10.7. The van der Waals surface area contributed by atoms with Crippen LogP contribution in [0.4, 0.5) is 0 Å². The Kier molecular flexibility index (Phi) is 3.38. The highest BCUT2D eigenvalue weighted by molar-refractivity contribution is 7.11. The molecule has 1 aromatic rings. The zero-order valence-electron chi connectivity index (χ0n) is 9.31. The molecule has 0 spiro atoms. The summed E-state index contributed by atoms with van der Waals surface area (Å²) >= 11 is 1.75. The summed E-state index contributed by atoms with van der Waals surface area (Å²) in [5.41, 5.74) is 1.32. The number of hydrazone groups is 1. The van der Waals surface area contributed by atoms with Gasteiger partial charge >= 0.3 is 0 Å². The molecule has 0 unspecified atom stereocenters. The molecule has 0 amide bonds. The van der Waals surface area contributed by atoms with E-state index in [1.54, 1.807) is 11.3 Å². The molecule has 1 fully saturated rings. The van der Waals surface area contributed by atoms with E-state index in [-0.39, 0.29) is 0 Å². The molecule has 1 aliphatic heterocycles. The fourth-order valence-electron chi connectivity index (χ4n) is 1.56. The minimum absolute atomic E-state index is 1.04. The fourth-order valence-corrected chi connectivity index (χ4v) is 2.34. The second kappa shape index (κ2) is 4.77. The molecule has 0 aromatic carbocycles. The lowest BCUT2D eigenvalue weighted by Crippen LogP contribution is -2.41. The molecular weight excluding hydrogens is 206 g/mol. The van der Waals surface area contributed by atoms with Gasteiger partial charge in [-0.1, -0.05) is 0 Å². The van der Waals surface area contributed by atoms with Crippen LogP contribution in [0.25, 0.3) is 0 Å². The number of rotatable bonds is 2. The number of likely N-dealkylation sites (N-methyl/N-ethyl adjacent to an activating group) is 1. The first kappa shape index (κ1) is 10.6. The Morgan fingerprint density at radius 2 is 2.07 bits per heavy atom. The number of hydrogen-bond acceptors (Lipinski definition) is 4. The minimum atomic E-state index is 1.04. The van der Waals surface area contributed by atoms with E-state index in [9.17, 15) is 0 Å². The van der Waals surface area contributed by atoms with Crippen LogP contribution < -0.4 is 0 Å². The zero-order valence-corrected chi connectivity index (χ0v) is 10.1. The number of nitrogens with zero attached hydrogens (tertiary/aromatic N) is 3. The van der Waals surface area contributed by atoms with Crippen molar-refractivity contribution in [3.8, 4) is 0 Å². The first-order valence-electron chi connectivity index (χ1n) is 5.27. The van der Waals surface area contributed by atoms with Gasteiger partial charge in [0.2, 0.25) is 0 Å². The quantitative estimate of drug-likeness (QED) is 0.710. The molecule has 1 aliphatic rings. The summed E-state index contributed by atoms with van der Waals surface area (Å²) in [6.07, 6.45) is 1.99. The van der Waals surface area contributed by atoms with Gasteiger partial charge < -0.3 is 4.90 Å². The van der Waals surface area contributed by atoms with Crippen molar-refractivity contribution in [3.05, 3.63) is 21.9 Å². The lowest BCUT2D eigenvalue weighted by Gasteiger charge is -2.30. The second-order valence-electron chi connectivity index (χ2n) is 3.97. The maximum Gasteiger partial charge on any atom is 0.0645 e. The molecule has 3 nitrogen and oxygen atoms in total. The van der Waals surface area contributed by atoms with Gasteiger partial charge in [0, 0.05) is 31.1 Å². The van der Waals surface area contributed by atoms with Crippen molar-refractivity contribution in [1.29, 1.82) is 0 Å². The molecule has 2 rings (SSSR count). The summed E-state index contributed by atoms with van der Waals surface area (Å²) in [6, 6.07) is 2.13. The summed E-state index contributed by atoms with van der Waals surface area (Å²) in [5.74, 6) is 0. The first-order chi connectivity index (χ1) is 7.25. The Hall–Kier alpha value is -0.870. The van der Waals surface area contributed by atoms with Crippen molar-refractivity contribution in [2.75, 3.05) is 33.2 Å². The third kappa shape index (κ3) is 2.79. The molecule has 0 bridgehead atoms. The number of thiophene rings is 1. The Labute approximate surface area is 95.0 Å². The van der Waals surface area contributed by atoms with Crippen LogP contribution in [-0.4, -0.2) is 49.4 Å². The van der Waals surface area contributed by atoms with Crippen LogP contribution in [-0.2, 0) is 0 Å². The van der Waals surface area contributed by atoms with Gasteiger partial charge in [-0.2, -0.15) is 5.10 Å². The molecule has 0 N–H and O–H groups in total. The van der Waals surface area contributed by atoms with Gasteiger partial charge in [0.25, 0.3) is 0 Å². The normalized spacial score (nSPS) is 18.9. The SMILES string of the molecule is Cc1ccsc1/C=N\N1CCN(C)CC1. The van der Waals surface area contributed by atoms with Gasteiger partial charge in [-0.15, -0.1) is 11.3 Å². The van der Waals surface area contributed by atoms with Gasteiger partial charge in [-0.05, 0) is 31.0 Å². The maximum atomic E-state index is 4.51. The molecule has 15 heavy (non-hydrogen) atoms. The second-order valence-corrected chi connectivity index (χ2v) is 4.92. The van der Waals surface area contributed by atoms with E-state index in [1.807, 2.05) is 6.21 Å². The van der Waals surface area contributed by atoms with Crippen LogP contribution in [0.2, 0.25) is 0 Å². The molecule has 2 heterocycles. The van der Waals surface area contributed by atoms with E-state index < -0.39 is 0 Å². The van der Waals surface area contributed by atoms with Crippen LogP contribution in [0.3, 0.4) is 0 Å². The number of hydrogen-bond donors (Lipinski definition) is 0. The Morgan fingerprint density at radius 3 is 2.67 bits per heavy atom. The van der Waals surface area contributed by atoms with Gasteiger partial charge in [-0.25, -0.2) is 0 Å². The van der Waals surface area contributed by atoms with E-state index in [0.717, 1.165) is 26.2 Å². The monoisotopic (exact) mass is 223 g/mol. The smallest absolute Gasteiger partial charge is 0.0645 e. The summed E-state index contributed by atoms with van der Waals surface area (Å²) in [6.45, 7) is 6.43. The van der Waals surface area contributed by atoms with E-state index in [2.05, 4.69) is 40.4 Å². The summed E-state index contributed by atoms with van der Waals surface area (Å²) in [7, 11) is 2.16. The van der Waals surface area contributed by atoms with Gasteiger partial charge in [0.1, 0.15) is 0 Å². The van der Waals surface area contributed by atoms with Crippen LogP contribution in [0.5, 0.6) is 0 Å². The van der Waals surface area contributed by atoms with Gasteiger partial charge in [-0.3, -0.25) is 5.01 Å². The van der Waals surface area contributed by atoms with E-state index in [4.69, 9.17) is 0 Å². The molecule has 0 atom stereocenters. The van der Waals surface area contributed by atoms with Crippen LogP contribution in [0.15, 0.2) is 16.5 Å². The lowest BCUT2D eigenvalue weighted by atomic mass is 10.3. The average molecular weight is 223 g/mol. The molecule has 1 saturated heterocycles. The molecular formula is C11H17N3S. The van der Waals surface area contributed by atoms with Crippen LogP contribution in [0.1, 0.15) is 10.4 Å². The van der Waals surface area contributed by atoms with Crippen molar-refractivity contribution < 1.29 is 0 Å². The van der Waals surface area contributed by atoms with Gasteiger partial charge in [0.05, 0.1) is 6.21 Å². The molecule has 4 heteroatoms. The largest absolute Gasteiger partial charge is 0.303 e. The number of aryl methyl sites for hydroxylation is 1.